The summed E-state index contributed by atoms with van der Waals surface area (Å²) < 4.78 is 0. The number of nitrogens with two attached hydrogens (primary N) is 1. The second-order valence-electron chi connectivity index (χ2n) is 3.43. The first-order valence-electron chi connectivity index (χ1n) is 4.97. The molecule has 0 aromatic heterocycles. The number of hydrogen-bond donors (Lipinski definition) is 3. The lowest BCUT2D eigenvalue weighted by Crippen LogP contribution is -2.19. The molecule has 0 fully saturated rings. The lowest BCUT2D eigenvalue weighted by molar-refractivity contribution is -0.118. The van der Waals surface area contributed by atoms with E-state index >= 15 is 0 Å². The van der Waals surface area contributed by atoms with Crippen LogP contribution in [0.1, 0.15) is 22.8 Å². The number of carbonyl (C=O) groups is 2. The lowest BCUT2D eigenvalue weighted by atomic mass is 10.1. The van der Waals surface area contributed by atoms with Crippen LogP contribution in [0.15, 0.2) is 12.1 Å². The van der Waals surface area contributed by atoms with Crippen LogP contribution in [0, 0.1) is 11.8 Å². The Kier molecular flexibility index (Phi) is 4.58. The number of halogens is 1. The van der Waals surface area contributed by atoms with Crippen LogP contribution in [-0.2, 0) is 4.79 Å². The van der Waals surface area contributed by atoms with E-state index in [-0.39, 0.29) is 28.7 Å². The Bertz CT molecular complexity index is 558. The van der Waals surface area contributed by atoms with Crippen LogP contribution in [0.5, 0.6) is 0 Å². The molecular weight excluding hydrogens is 256 g/mol. The van der Waals surface area contributed by atoms with Gasteiger partial charge in [-0.25, -0.2) is 4.79 Å². The van der Waals surface area contributed by atoms with E-state index in [1.165, 1.54) is 19.1 Å². The third-order valence-electron chi connectivity index (χ3n) is 2.02. The molecule has 6 heteroatoms. The summed E-state index contributed by atoms with van der Waals surface area (Å²) >= 11 is 5.77. The minimum absolute atomic E-state index is 0.0576. The molecule has 1 aromatic carbocycles. The normalized spacial score (nSPS) is 9.22. The minimum atomic E-state index is -1.17. The number of hydrogen-bond acceptors (Lipinski definition) is 3. The summed E-state index contributed by atoms with van der Waals surface area (Å²) in [6, 6.07) is 2.74. The van der Waals surface area contributed by atoms with Gasteiger partial charge in [-0.15, -0.1) is 0 Å². The van der Waals surface area contributed by atoms with Crippen LogP contribution in [0.3, 0.4) is 0 Å². The number of carboxylic acids is 1. The molecule has 94 valence electrons. The summed E-state index contributed by atoms with van der Waals surface area (Å²) in [4.78, 5) is 21.5. The van der Waals surface area contributed by atoms with Crippen LogP contribution < -0.4 is 11.1 Å². The molecule has 4 N–H and O–H groups in total. The number of carboxylic acid groups (broad SMARTS) is 1. The summed E-state index contributed by atoms with van der Waals surface area (Å²) in [5, 5.41) is 11.6. The highest BCUT2D eigenvalue weighted by atomic mass is 35.5. The van der Waals surface area contributed by atoms with E-state index in [9.17, 15) is 9.59 Å². The monoisotopic (exact) mass is 266 g/mol. The summed E-state index contributed by atoms with van der Waals surface area (Å²) in [7, 11) is 0. The Hall–Kier alpha value is -2.19. The molecule has 0 saturated heterocycles. The molecular formula is C12H11ClN2O3. The van der Waals surface area contributed by atoms with Crippen molar-refractivity contribution in [3.8, 4) is 11.8 Å². The molecule has 18 heavy (non-hydrogen) atoms. The minimum Gasteiger partial charge on any atom is -0.478 e. The van der Waals surface area contributed by atoms with E-state index < -0.39 is 5.97 Å². The summed E-state index contributed by atoms with van der Waals surface area (Å²) in [5.41, 5.74) is 5.96. The second kappa shape index (κ2) is 5.94. The van der Waals surface area contributed by atoms with E-state index in [2.05, 4.69) is 17.2 Å². The van der Waals surface area contributed by atoms with Crippen molar-refractivity contribution in [2.24, 2.45) is 0 Å². The highest BCUT2D eigenvalue weighted by molar-refractivity contribution is 6.31. The van der Waals surface area contributed by atoms with Gasteiger partial charge in [0.15, 0.2) is 0 Å². The largest absolute Gasteiger partial charge is 0.478 e. The summed E-state index contributed by atoms with van der Waals surface area (Å²) in [5.74, 6) is 3.95. The van der Waals surface area contributed by atoms with Crippen molar-refractivity contribution < 1.29 is 14.7 Å². The van der Waals surface area contributed by atoms with Crippen molar-refractivity contribution in [2.45, 2.75) is 6.92 Å². The first-order valence-corrected chi connectivity index (χ1v) is 5.35. The fraction of sp³-hybridized carbons (Fsp3) is 0.167. The molecule has 0 aliphatic rings. The SMILES string of the molecule is CC(=O)NCC#Cc1cc(Cl)cc(C(=O)O)c1N. The van der Waals surface area contributed by atoms with Crippen molar-refractivity contribution in [2.75, 3.05) is 12.3 Å². The zero-order chi connectivity index (χ0) is 13.7. The third-order valence-corrected chi connectivity index (χ3v) is 2.24. The molecule has 0 aliphatic carbocycles. The Labute approximate surface area is 109 Å². The van der Waals surface area contributed by atoms with E-state index in [1.54, 1.807) is 0 Å². The topological polar surface area (TPSA) is 92.4 Å². The van der Waals surface area contributed by atoms with Crippen molar-refractivity contribution in [1.82, 2.24) is 5.32 Å². The van der Waals surface area contributed by atoms with E-state index in [4.69, 9.17) is 22.4 Å². The Morgan fingerprint density at radius 3 is 2.72 bits per heavy atom. The lowest BCUT2D eigenvalue weighted by Gasteiger charge is -2.04. The molecule has 0 aliphatic heterocycles. The quantitative estimate of drug-likeness (QED) is 0.552. The van der Waals surface area contributed by atoms with E-state index in [0.717, 1.165) is 0 Å². The van der Waals surface area contributed by atoms with E-state index in [0.29, 0.717) is 5.56 Å². The molecule has 0 bridgehead atoms. The van der Waals surface area contributed by atoms with Gasteiger partial charge in [0.1, 0.15) is 0 Å². The van der Waals surface area contributed by atoms with Gasteiger partial charge in [-0.1, -0.05) is 23.4 Å². The Balaban J connectivity index is 3.02. The van der Waals surface area contributed by atoms with Crippen LogP contribution in [0.4, 0.5) is 5.69 Å². The van der Waals surface area contributed by atoms with Gasteiger partial charge in [0.2, 0.25) is 5.91 Å². The Morgan fingerprint density at radius 1 is 1.50 bits per heavy atom. The second-order valence-corrected chi connectivity index (χ2v) is 3.87. The maximum absolute atomic E-state index is 10.9. The highest BCUT2D eigenvalue weighted by Gasteiger charge is 2.12. The molecule has 5 nitrogen and oxygen atoms in total. The van der Waals surface area contributed by atoms with Crippen LogP contribution >= 0.6 is 11.6 Å². The molecule has 1 rings (SSSR count). The van der Waals surface area contributed by atoms with Crippen molar-refractivity contribution in [1.29, 1.82) is 0 Å². The average molecular weight is 267 g/mol. The van der Waals surface area contributed by atoms with Crippen LogP contribution in [0.2, 0.25) is 5.02 Å². The molecule has 1 amide bonds. The average Bonchev–Trinajstić information content (AvgIpc) is 2.27. The van der Waals surface area contributed by atoms with Gasteiger partial charge < -0.3 is 16.2 Å². The fourth-order valence-electron chi connectivity index (χ4n) is 1.21. The molecule has 1 aromatic rings. The third kappa shape index (κ3) is 3.68. The standard InChI is InChI=1S/C12H11ClN2O3/c1-7(16)15-4-2-3-8-5-9(13)6-10(11(8)14)12(17)18/h5-6H,4,14H2,1H3,(H,15,16)(H,17,18). The number of rotatable bonds is 2. The predicted molar refractivity (Wildman–Crippen MR) is 68.4 cm³/mol. The zero-order valence-corrected chi connectivity index (χ0v) is 10.3. The summed E-state index contributed by atoms with van der Waals surface area (Å²) in [6.45, 7) is 1.53. The smallest absolute Gasteiger partial charge is 0.337 e. The van der Waals surface area contributed by atoms with E-state index in [1.807, 2.05) is 0 Å². The number of carbonyl (C=O) groups excluding carboxylic acids is 1. The predicted octanol–water partition coefficient (Wildman–Crippen LogP) is 1.11. The number of aromatic carboxylic acids is 1. The molecule has 0 spiro atoms. The first-order chi connectivity index (χ1) is 8.41. The van der Waals surface area contributed by atoms with Crippen LogP contribution in [-0.4, -0.2) is 23.5 Å². The van der Waals surface area contributed by atoms with Crippen molar-refractivity contribution in [3.63, 3.8) is 0 Å². The Morgan fingerprint density at radius 2 is 2.17 bits per heavy atom. The van der Waals surface area contributed by atoms with Gasteiger partial charge in [-0.3, -0.25) is 4.79 Å². The number of benzene rings is 1. The number of anilines is 1. The van der Waals surface area contributed by atoms with Crippen molar-refractivity contribution >= 4 is 29.2 Å². The van der Waals surface area contributed by atoms with Gasteiger partial charge in [0.25, 0.3) is 0 Å². The molecule has 0 unspecified atom stereocenters. The number of nitrogen functional groups attached to an aromatic ring is 1. The van der Waals surface area contributed by atoms with Crippen molar-refractivity contribution in [3.05, 3.63) is 28.3 Å². The summed E-state index contributed by atoms with van der Waals surface area (Å²) in [6.07, 6.45) is 0. The highest BCUT2D eigenvalue weighted by Crippen LogP contribution is 2.22. The molecule has 0 saturated carbocycles. The van der Waals surface area contributed by atoms with Gasteiger partial charge in [0, 0.05) is 17.5 Å². The zero-order valence-electron chi connectivity index (χ0n) is 9.58. The van der Waals surface area contributed by atoms with Gasteiger partial charge >= 0.3 is 5.97 Å². The fourth-order valence-corrected chi connectivity index (χ4v) is 1.42. The molecule has 0 heterocycles. The van der Waals surface area contributed by atoms with Crippen LogP contribution in [0.25, 0.3) is 0 Å². The molecule has 0 radical (unpaired) electrons. The van der Waals surface area contributed by atoms with Gasteiger partial charge in [0.05, 0.1) is 17.8 Å². The maximum Gasteiger partial charge on any atom is 0.337 e. The number of amides is 1. The first kappa shape index (κ1) is 13.9. The van der Waals surface area contributed by atoms with Gasteiger partial charge in [-0.2, -0.15) is 0 Å². The van der Waals surface area contributed by atoms with Gasteiger partial charge in [-0.05, 0) is 12.1 Å². The maximum atomic E-state index is 10.9. The number of nitrogens with one attached hydrogen (secondary N) is 1. The molecule has 0 atom stereocenters.